The minimum absolute atomic E-state index is 0.557. The van der Waals surface area contributed by atoms with Crippen LogP contribution in [0, 0.1) is 25.2 Å². The first-order valence-corrected chi connectivity index (χ1v) is 8.14. The van der Waals surface area contributed by atoms with E-state index in [2.05, 4.69) is 27.2 Å². The van der Waals surface area contributed by atoms with Crippen LogP contribution >= 0.6 is 15.9 Å². The summed E-state index contributed by atoms with van der Waals surface area (Å²) in [7, 11) is 3.49. The van der Waals surface area contributed by atoms with Crippen molar-refractivity contribution in [1.29, 1.82) is 5.26 Å². The van der Waals surface area contributed by atoms with E-state index in [0.29, 0.717) is 11.5 Å². The van der Waals surface area contributed by atoms with Crippen LogP contribution in [-0.4, -0.2) is 16.8 Å². The van der Waals surface area contributed by atoms with E-state index in [0.717, 1.165) is 38.3 Å². The average Bonchev–Trinajstić information content (AvgIpc) is 3.04. The van der Waals surface area contributed by atoms with Gasteiger partial charge in [-0.25, -0.2) is 0 Å². The van der Waals surface area contributed by atoms with Crippen LogP contribution in [0.15, 0.2) is 33.4 Å². The Labute approximate surface area is 148 Å². The van der Waals surface area contributed by atoms with Crippen LogP contribution in [-0.2, 0) is 7.05 Å². The quantitative estimate of drug-likeness (QED) is 0.660. The number of nitriles is 1. The Kier molecular flexibility index (Phi) is 4.20. The summed E-state index contributed by atoms with van der Waals surface area (Å²) < 4.78 is 13.2. The van der Waals surface area contributed by atoms with Crippen molar-refractivity contribution >= 4 is 15.9 Å². The van der Waals surface area contributed by atoms with Gasteiger partial charge >= 0.3 is 0 Å². The first-order chi connectivity index (χ1) is 11.5. The van der Waals surface area contributed by atoms with Gasteiger partial charge in [0.1, 0.15) is 23.3 Å². The third kappa shape index (κ3) is 2.42. The SMILES string of the molecule is COc1ccc(-c2c(-c3c(C)noc3C)c(C#N)n(C)c2Br)cc1. The van der Waals surface area contributed by atoms with E-state index in [4.69, 9.17) is 9.26 Å². The van der Waals surface area contributed by atoms with Crippen molar-refractivity contribution in [1.82, 2.24) is 9.72 Å². The van der Waals surface area contributed by atoms with E-state index in [1.54, 1.807) is 7.11 Å². The van der Waals surface area contributed by atoms with Gasteiger partial charge in [0.05, 0.1) is 23.0 Å². The van der Waals surface area contributed by atoms with Gasteiger partial charge < -0.3 is 13.8 Å². The maximum absolute atomic E-state index is 9.68. The van der Waals surface area contributed by atoms with Crippen molar-refractivity contribution in [2.45, 2.75) is 13.8 Å². The predicted molar refractivity (Wildman–Crippen MR) is 94.8 cm³/mol. The Hall–Kier alpha value is -2.52. The largest absolute Gasteiger partial charge is 0.497 e. The van der Waals surface area contributed by atoms with Crippen LogP contribution in [0.3, 0.4) is 0 Å². The lowest BCUT2D eigenvalue weighted by Crippen LogP contribution is -1.93. The molecule has 122 valence electrons. The third-order valence-corrected chi connectivity index (χ3v) is 5.02. The smallest absolute Gasteiger partial charge is 0.141 e. The van der Waals surface area contributed by atoms with Crippen LogP contribution in [0.5, 0.6) is 5.75 Å². The van der Waals surface area contributed by atoms with E-state index < -0.39 is 0 Å². The molecule has 6 heteroatoms. The first kappa shape index (κ1) is 16.3. The molecule has 0 unspecified atom stereocenters. The fourth-order valence-electron chi connectivity index (χ4n) is 2.89. The number of aryl methyl sites for hydroxylation is 2. The van der Waals surface area contributed by atoms with Crippen LogP contribution in [0.1, 0.15) is 17.1 Å². The molecule has 0 aliphatic rings. The molecule has 0 bridgehead atoms. The molecule has 5 nitrogen and oxygen atoms in total. The van der Waals surface area contributed by atoms with Crippen molar-refractivity contribution in [3.05, 3.63) is 46.0 Å². The lowest BCUT2D eigenvalue weighted by Gasteiger charge is -2.07. The molecular weight excluding hydrogens is 370 g/mol. The molecule has 0 spiro atoms. The second kappa shape index (κ2) is 6.17. The lowest BCUT2D eigenvalue weighted by atomic mass is 9.96. The minimum atomic E-state index is 0.557. The van der Waals surface area contributed by atoms with Crippen molar-refractivity contribution < 1.29 is 9.26 Å². The van der Waals surface area contributed by atoms with E-state index in [1.807, 2.05) is 49.7 Å². The summed E-state index contributed by atoms with van der Waals surface area (Å²) in [4.78, 5) is 0. The number of hydrogen-bond donors (Lipinski definition) is 0. The molecule has 0 saturated carbocycles. The monoisotopic (exact) mass is 385 g/mol. The zero-order chi connectivity index (χ0) is 17.4. The molecule has 3 aromatic rings. The highest BCUT2D eigenvalue weighted by molar-refractivity contribution is 9.10. The van der Waals surface area contributed by atoms with Crippen molar-refractivity contribution in [3.63, 3.8) is 0 Å². The zero-order valence-corrected chi connectivity index (χ0v) is 15.4. The van der Waals surface area contributed by atoms with E-state index in [-0.39, 0.29) is 0 Å². The van der Waals surface area contributed by atoms with E-state index >= 15 is 0 Å². The van der Waals surface area contributed by atoms with Gasteiger partial charge in [0.15, 0.2) is 0 Å². The highest BCUT2D eigenvalue weighted by atomic mass is 79.9. The summed E-state index contributed by atoms with van der Waals surface area (Å²) >= 11 is 3.63. The molecule has 24 heavy (non-hydrogen) atoms. The highest BCUT2D eigenvalue weighted by Crippen LogP contribution is 2.44. The van der Waals surface area contributed by atoms with Crippen LogP contribution in [0.4, 0.5) is 0 Å². The molecule has 3 rings (SSSR count). The number of ether oxygens (including phenoxy) is 1. The Morgan fingerprint density at radius 2 is 1.83 bits per heavy atom. The molecule has 0 atom stereocenters. The summed E-state index contributed by atoms with van der Waals surface area (Å²) in [6.45, 7) is 3.74. The summed E-state index contributed by atoms with van der Waals surface area (Å²) in [6, 6.07) is 10.0. The van der Waals surface area contributed by atoms with Crippen LogP contribution < -0.4 is 4.74 Å². The van der Waals surface area contributed by atoms with Crippen molar-refractivity contribution in [2.75, 3.05) is 7.11 Å². The molecular formula is C18H16BrN3O2. The fourth-order valence-corrected chi connectivity index (χ4v) is 3.49. The molecule has 0 aliphatic heterocycles. The normalized spacial score (nSPS) is 10.7. The Morgan fingerprint density at radius 3 is 2.33 bits per heavy atom. The van der Waals surface area contributed by atoms with Gasteiger partial charge in [-0.1, -0.05) is 17.3 Å². The molecule has 0 N–H and O–H groups in total. The van der Waals surface area contributed by atoms with E-state index in [9.17, 15) is 5.26 Å². The fraction of sp³-hybridized carbons (Fsp3) is 0.222. The standard InChI is InChI=1S/C18H16BrN3O2/c1-10-15(11(2)24-21-10)17-14(9-20)22(3)18(19)16(17)12-5-7-13(23-4)8-6-12/h5-8H,1-4H3. The maximum Gasteiger partial charge on any atom is 0.141 e. The zero-order valence-electron chi connectivity index (χ0n) is 13.8. The van der Waals surface area contributed by atoms with E-state index in [1.165, 1.54) is 0 Å². The number of methoxy groups -OCH3 is 1. The Balaban J connectivity index is 2.36. The van der Waals surface area contributed by atoms with Gasteiger partial charge in [-0.3, -0.25) is 0 Å². The molecule has 0 saturated heterocycles. The summed E-state index contributed by atoms with van der Waals surface area (Å²) in [5, 5.41) is 13.7. The highest BCUT2D eigenvalue weighted by Gasteiger charge is 2.26. The lowest BCUT2D eigenvalue weighted by molar-refractivity contribution is 0.393. The predicted octanol–water partition coefficient (Wildman–Crippen LogP) is 4.61. The molecule has 0 radical (unpaired) electrons. The molecule has 1 aromatic carbocycles. The van der Waals surface area contributed by atoms with Gasteiger partial charge in [-0.2, -0.15) is 5.26 Å². The van der Waals surface area contributed by atoms with Gasteiger partial charge in [0.2, 0.25) is 0 Å². The van der Waals surface area contributed by atoms with Crippen molar-refractivity contribution in [3.8, 4) is 34.1 Å². The van der Waals surface area contributed by atoms with Gasteiger partial charge in [-0.05, 0) is 47.5 Å². The number of aromatic nitrogens is 2. The molecule has 0 amide bonds. The number of halogens is 1. The Bertz CT molecular complexity index is 927. The van der Waals surface area contributed by atoms with Crippen LogP contribution in [0.25, 0.3) is 22.3 Å². The summed E-state index contributed by atoms with van der Waals surface area (Å²) in [5.41, 5.74) is 4.92. The topological polar surface area (TPSA) is 64.0 Å². The Morgan fingerprint density at radius 1 is 1.17 bits per heavy atom. The minimum Gasteiger partial charge on any atom is -0.497 e. The second-order valence-corrected chi connectivity index (χ2v) is 6.24. The molecule has 2 heterocycles. The van der Waals surface area contributed by atoms with Gasteiger partial charge in [-0.15, -0.1) is 0 Å². The summed E-state index contributed by atoms with van der Waals surface area (Å²) in [5.74, 6) is 1.47. The van der Waals surface area contributed by atoms with Gasteiger partial charge in [0.25, 0.3) is 0 Å². The average molecular weight is 386 g/mol. The van der Waals surface area contributed by atoms with Crippen LogP contribution in [0.2, 0.25) is 0 Å². The maximum atomic E-state index is 9.68. The molecule has 0 aliphatic carbocycles. The number of benzene rings is 1. The van der Waals surface area contributed by atoms with Gasteiger partial charge in [0, 0.05) is 18.2 Å². The molecule has 0 fully saturated rings. The number of rotatable bonds is 3. The number of nitrogens with zero attached hydrogens (tertiary/aromatic N) is 3. The van der Waals surface area contributed by atoms with Crippen molar-refractivity contribution in [2.24, 2.45) is 7.05 Å². The first-order valence-electron chi connectivity index (χ1n) is 7.35. The number of hydrogen-bond acceptors (Lipinski definition) is 4. The summed E-state index contributed by atoms with van der Waals surface area (Å²) in [6.07, 6.45) is 0. The molecule has 2 aromatic heterocycles. The third-order valence-electron chi connectivity index (χ3n) is 4.09. The second-order valence-electron chi connectivity index (χ2n) is 5.49.